The van der Waals surface area contributed by atoms with Gasteiger partial charge in [0.05, 0.1) is 19.2 Å². The molecule has 4 unspecified atom stereocenters. The highest BCUT2D eigenvalue weighted by molar-refractivity contribution is 7.80. The fourth-order valence-electron chi connectivity index (χ4n) is 8.28. The van der Waals surface area contributed by atoms with Crippen LogP contribution in [0.4, 0.5) is 11.6 Å². The van der Waals surface area contributed by atoms with E-state index in [0.29, 0.717) is 66.2 Å². The van der Waals surface area contributed by atoms with Gasteiger partial charge in [0.25, 0.3) is 0 Å². The third kappa shape index (κ3) is 9.96. The summed E-state index contributed by atoms with van der Waals surface area (Å²) in [5.74, 6) is 0.0711. The number of carbonyl (C=O) groups excluding carboxylic acids is 2. The van der Waals surface area contributed by atoms with Crippen LogP contribution in [0, 0.1) is 0 Å². The molecule has 0 aliphatic heterocycles. The van der Waals surface area contributed by atoms with E-state index >= 15 is 0 Å². The number of fused-ring (bicyclic) bond motifs is 2. The molecule has 8 rings (SSSR count). The number of pyridine rings is 2. The molecule has 6 aromatic rings. The van der Waals surface area contributed by atoms with Gasteiger partial charge >= 0.3 is 11.9 Å². The summed E-state index contributed by atoms with van der Waals surface area (Å²) in [5.41, 5.74) is 6.29. The van der Waals surface area contributed by atoms with Gasteiger partial charge in [-0.25, -0.2) is 19.6 Å². The van der Waals surface area contributed by atoms with Gasteiger partial charge in [-0.2, -0.15) is 0 Å². The lowest BCUT2D eigenvalue weighted by Crippen LogP contribution is -2.33. The number of anilines is 2. The van der Waals surface area contributed by atoms with E-state index in [0.717, 1.165) is 39.1 Å². The number of halogens is 1. The summed E-state index contributed by atoms with van der Waals surface area (Å²) in [4.78, 5) is 34.8. The smallest absolute Gasteiger partial charge is 0.351 e. The van der Waals surface area contributed by atoms with Crippen LogP contribution >= 0.6 is 11.6 Å². The second kappa shape index (κ2) is 20.1. The van der Waals surface area contributed by atoms with Crippen LogP contribution in [0.1, 0.15) is 60.0 Å². The molecule has 2 aliphatic carbocycles. The Labute approximate surface area is 380 Å². The topological polar surface area (TPSA) is 184 Å². The zero-order chi connectivity index (χ0) is 44.7. The van der Waals surface area contributed by atoms with E-state index in [1.165, 1.54) is 8.61 Å². The number of hydrogen-bond acceptors (Lipinski definition) is 12. The quantitative estimate of drug-likeness (QED) is 0.0546. The van der Waals surface area contributed by atoms with Crippen molar-refractivity contribution in [1.82, 2.24) is 9.97 Å². The van der Waals surface area contributed by atoms with E-state index in [4.69, 9.17) is 30.5 Å². The van der Waals surface area contributed by atoms with Crippen molar-refractivity contribution in [2.75, 3.05) is 28.9 Å². The maximum Gasteiger partial charge on any atom is 0.351 e. The molecule has 0 radical (unpaired) electrons. The molecule has 17 heteroatoms. The molecule has 14 nitrogen and oxygen atoms in total. The minimum absolute atomic E-state index is 0.251. The van der Waals surface area contributed by atoms with Crippen molar-refractivity contribution in [1.29, 1.82) is 0 Å². The Bertz CT molecular complexity index is 2670. The zero-order valence-corrected chi connectivity index (χ0v) is 36.8. The van der Waals surface area contributed by atoms with Crippen molar-refractivity contribution in [3.05, 3.63) is 149 Å². The molecule has 0 saturated carbocycles. The Morgan fingerprint density at radius 1 is 0.641 bits per heavy atom. The molecule has 4 atom stereocenters. The van der Waals surface area contributed by atoms with Crippen molar-refractivity contribution in [2.45, 2.75) is 50.6 Å². The lowest BCUT2D eigenvalue weighted by molar-refractivity contribution is -0.162. The first-order valence-corrected chi connectivity index (χ1v) is 22.8. The highest BCUT2D eigenvalue weighted by atomic mass is 35.5. The molecule has 2 aromatic heterocycles. The number of rotatable bonds is 15. The molecule has 2 aliphatic rings. The largest absolute Gasteiger partial charge is 0.755 e. The Morgan fingerprint density at radius 3 is 1.48 bits per heavy atom. The fraction of sp³-hybridized carbons (Fsp3) is 0.234. The van der Waals surface area contributed by atoms with Crippen LogP contribution in [0.3, 0.4) is 0 Å². The van der Waals surface area contributed by atoms with Gasteiger partial charge in [0.2, 0.25) is 0 Å². The summed E-state index contributed by atoms with van der Waals surface area (Å²) >= 11 is 0.693. The van der Waals surface area contributed by atoms with E-state index in [2.05, 4.69) is 9.97 Å². The summed E-state index contributed by atoms with van der Waals surface area (Å²) in [6.07, 6.45) is 6.72. The lowest BCUT2D eigenvalue weighted by Gasteiger charge is -2.37. The summed E-state index contributed by atoms with van der Waals surface area (Å²) in [7, 11) is 1.59. The van der Waals surface area contributed by atoms with Gasteiger partial charge in [-0.15, -0.1) is 0 Å². The number of methoxy groups -OCH3 is 1. The maximum atomic E-state index is 12.9. The molecule has 0 saturated heterocycles. The molecule has 330 valence electrons. The van der Waals surface area contributed by atoms with Gasteiger partial charge in [-0.3, -0.25) is 17.0 Å². The summed E-state index contributed by atoms with van der Waals surface area (Å²) in [5, 5.41) is 0.602. The van der Waals surface area contributed by atoms with E-state index in [1.807, 2.05) is 54.6 Å². The highest BCUT2D eigenvalue weighted by Crippen LogP contribution is 2.42. The van der Waals surface area contributed by atoms with Crippen molar-refractivity contribution < 1.29 is 46.1 Å². The normalized spacial score (nSPS) is 16.3. The maximum absolute atomic E-state index is 12.9. The number of hydrogen-bond donors (Lipinski definition) is 0. The van der Waals surface area contributed by atoms with Crippen LogP contribution in [-0.4, -0.2) is 59.8 Å². The van der Waals surface area contributed by atoms with Crippen LogP contribution in [0.25, 0.3) is 22.3 Å². The number of nitrogens with zero attached hydrogens (tertiary/aromatic N) is 4. The van der Waals surface area contributed by atoms with Gasteiger partial charge in [0, 0.05) is 51.1 Å². The number of carbonyl (C=O) groups is 2. The number of ether oxygens (including phenoxy) is 4. The van der Waals surface area contributed by atoms with E-state index in [1.54, 1.807) is 74.1 Å². The van der Waals surface area contributed by atoms with Crippen molar-refractivity contribution in [3.8, 4) is 39.5 Å². The molecule has 0 amide bonds. The molecular weight excluding hydrogens is 880 g/mol. The second-order valence-corrected chi connectivity index (χ2v) is 17.1. The van der Waals surface area contributed by atoms with Gasteiger partial charge in [0.1, 0.15) is 28.9 Å². The van der Waals surface area contributed by atoms with Crippen LogP contribution in [0.2, 0.25) is 5.02 Å². The van der Waals surface area contributed by atoms with Crippen LogP contribution in [0.15, 0.2) is 122 Å². The standard InChI is InChI=1S/C47H43ClN4O10S2/c1-59-35-22-16-31(17-23-35)33-19-25-45(50-27-33)52(64(57)58)41-11-3-9-39-37(41)7-5-13-43(39)61-29-47(54)62-46(53)28-60-42-12-4-6-36-38(42)8-2-10-40(36)51(63(55)56)44-24-18-32(26-49-44)30-14-20-34(48)21-15-30/h4-7,12-27,40-41H,2-3,8-11,28-29H2,1H3,(H,55,56)(H,57,58)/p-2. The summed E-state index contributed by atoms with van der Waals surface area (Å²) < 4.78 is 75.4. The highest BCUT2D eigenvalue weighted by Gasteiger charge is 2.32. The predicted octanol–water partition coefficient (Wildman–Crippen LogP) is 8.36. The first kappa shape index (κ1) is 44.4. The van der Waals surface area contributed by atoms with E-state index < -0.39 is 59.8 Å². The molecule has 0 bridgehead atoms. The van der Waals surface area contributed by atoms with Crippen molar-refractivity contribution in [2.24, 2.45) is 0 Å². The first-order valence-electron chi connectivity index (χ1n) is 20.4. The first-order chi connectivity index (χ1) is 31.1. The fourth-order valence-corrected chi connectivity index (χ4v) is 9.78. The lowest BCUT2D eigenvalue weighted by atomic mass is 9.87. The number of aromatic nitrogens is 2. The van der Waals surface area contributed by atoms with Crippen LogP contribution in [-0.2, 0) is 49.7 Å². The SMILES string of the molecule is COc1ccc(-c2ccc(N(C3CCCc4c(OCC(=O)OC(=O)COc5cccc6c5CCCC6N(c5ccc(-c6ccc(Cl)cc6)cn5)S(=O)[O-])cccc43)S(=O)[O-])nc2)cc1. The second-order valence-electron chi connectivity index (χ2n) is 15.0. The minimum Gasteiger partial charge on any atom is -0.755 e. The average Bonchev–Trinajstić information content (AvgIpc) is 3.31. The third-order valence-electron chi connectivity index (χ3n) is 11.2. The van der Waals surface area contributed by atoms with Gasteiger partial charge in [0.15, 0.2) is 13.2 Å². The molecule has 0 fully saturated rings. The Balaban J connectivity index is 0.889. The minimum atomic E-state index is -2.67. The Kier molecular flexibility index (Phi) is 14.0. The third-order valence-corrected chi connectivity index (χ3v) is 13.0. The zero-order valence-electron chi connectivity index (χ0n) is 34.4. The van der Waals surface area contributed by atoms with Gasteiger partial charge in [-0.1, -0.05) is 60.1 Å². The van der Waals surface area contributed by atoms with E-state index in [-0.39, 0.29) is 11.6 Å². The predicted molar refractivity (Wildman–Crippen MR) is 240 cm³/mol. The monoisotopic (exact) mass is 920 g/mol. The van der Waals surface area contributed by atoms with Gasteiger partial charge < -0.3 is 28.1 Å². The van der Waals surface area contributed by atoms with Crippen molar-refractivity contribution >= 4 is 57.7 Å². The molecular formula is C47H41ClN4O10S2-2. The molecule has 0 N–H and O–H groups in total. The average molecular weight is 921 g/mol. The number of esters is 2. The number of benzene rings is 4. The molecule has 4 aromatic carbocycles. The van der Waals surface area contributed by atoms with Crippen molar-refractivity contribution in [3.63, 3.8) is 0 Å². The molecule has 2 heterocycles. The summed E-state index contributed by atoms with van der Waals surface area (Å²) in [6.45, 7) is -1.17. The van der Waals surface area contributed by atoms with Crippen LogP contribution < -0.4 is 22.8 Å². The Morgan fingerprint density at radius 2 is 1.08 bits per heavy atom. The molecule has 0 spiro atoms. The van der Waals surface area contributed by atoms with Gasteiger partial charge in [-0.05, 0) is 133 Å². The van der Waals surface area contributed by atoms with E-state index in [9.17, 15) is 27.1 Å². The Hall–Kier alpha value is -6.17. The molecule has 64 heavy (non-hydrogen) atoms. The van der Waals surface area contributed by atoms with Crippen LogP contribution in [0.5, 0.6) is 17.2 Å². The summed E-state index contributed by atoms with van der Waals surface area (Å²) in [6, 6.07) is 30.9.